The van der Waals surface area contributed by atoms with E-state index in [2.05, 4.69) is 16.9 Å². The maximum atomic E-state index is 14.5. The molecule has 4 rings (SSSR count). The van der Waals surface area contributed by atoms with Crippen molar-refractivity contribution in [3.8, 4) is 11.3 Å². The zero-order valence-corrected chi connectivity index (χ0v) is 20.2. The Morgan fingerprint density at radius 3 is 2.57 bits per heavy atom. The van der Waals surface area contributed by atoms with E-state index in [1.165, 1.54) is 36.5 Å². The second-order valence-corrected chi connectivity index (χ2v) is 10.9. The van der Waals surface area contributed by atoms with Gasteiger partial charge in [0.2, 0.25) is 0 Å². The van der Waals surface area contributed by atoms with Crippen molar-refractivity contribution in [3.05, 3.63) is 65.9 Å². The number of amides is 1. The predicted molar refractivity (Wildman–Crippen MR) is 128 cm³/mol. The van der Waals surface area contributed by atoms with Crippen molar-refractivity contribution in [3.63, 3.8) is 0 Å². The topological polar surface area (TPSA) is 118 Å². The molecule has 1 aliphatic heterocycles. The molecule has 3 N–H and O–H groups in total. The molecule has 2 aromatic heterocycles. The highest BCUT2D eigenvalue weighted by molar-refractivity contribution is 7.90. The maximum absolute atomic E-state index is 14.5. The summed E-state index contributed by atoms with van der Waals surface area (Å²) < 4.78 is 55.7. The number of pyridine rings is 2. The lowest BCUT2D eigenvalue weighted by molar-refractivity contribution is 0.0981. The van der Waals surface area contributed by atoms with Gasteiger partial charge in [0.15, 0.2) is 0 Å². The Balaban J connectivity index is 1.80. The van der Waals surface area contributed by atoms with Gasteiger partial charge in [0.25, 0.3) is 15.9 Å². The largest absolute Gasteiger partial charge is 0.383 e. The van der Waals surface area contributed by atoms with Crippen molar-refractivity contribution < 1.29 is 22.0 Å². The molecule has 1 saturated heterocycles. The lowest BCUT2D eigenvalue weighted by atomic mass is 9.97. The Labute approximate surface area is 202 Å². The molecule has 0 bridgehead atoms. The van der Waals surface area contributed by atoms with Crippen molar-refractivity contribution in [1.29, 1.82) is 0 Å². The van der Waals surface area contributed by atoms with Crippen LogP contribution < -0.4 is 15.4 Å². The van der Waals surface area contributed by atoms with Crippen LogP contribution in [0.5, 0.6) is 0 Å². The normalized spacial score (nSPS) is 17.4. The van der Waals surface area contributed by atoms with Crippen molar-refractivity contribution in [2.24, 2.45) is 5.92 Å². The Bertz CT molecular complexity index is 1410. The van der Waals surface area contributed by atoms with Crippen LogP contribution in [-0.2, 0) is 10.0 Å². The molecule has 11 heteroatoms. The van der Waals surface area contributed by atoms with E-state index < -0.39 is 33.1 Å². The first-order chi connectivity index (χ1) is 16.4. The molecule has 1 amide bonds. The van der Waals surface area contributed by atoms with Gasteiger partial charge in [-0.05, 0) is 62.6 Å². The minimum atomic E-state index is -4.33. The van der Waals surface area contributed by atoms with Crippen LogP contribution in [0.2, 0.25) is 0 Å². The van der Waals surface area contributed by atoms with Gasteiger partial charge in [-0.25, -0.2) is 31.9 Å². The number of carbonyl (C=O) groups is 1. The Kier molecular flexibility index (Phi) is 6.22. The summed E-state index contributed by atoms with van der Waals surface area (Å²) in [5.74, 6) is -2.22. The standard InChI is InChI=1S/C24H25F2N5O3S/c1-14-12-24(2,3)31(13-14)22-17(8-9-19(29-22)16-7-6-15(25)11-18(16)26)23(32)30-35(33,34)20-5-4-10-28-21(20)27/h4-11,14H,12-13H2,1-3H3,(H2,27,28)(H,30,32)/t14-/m0/s1. The second kappa shape index (κ2) is 8.88. The van der Waals surface area contributed by atoms with Crippen molar-refractivity contribution >= 4 is 27.6 Å². The molecule has 3 aromatic rings. The van der Waals surface area contributed by atoms with E-state index in [-0.39, 0.29) is 39.3 Å². The number of aromatic nitrogens is 2. The van der Waals surface area contributed by atoms with E-state index >= 15 is 0 Å². The number of nitrogens with two attached hydrogens (primary N) is 1. The Morgan fingerprint density at radius 2 is 1.94 bits per heavy atom. The van der Waals surface area contributed by atoms with Crippen molar-refractivity contribution in [2.45, 2.75) is 37.6 Å². The first kappa shape index (κ1) is 24.5. The molecule has 1 atom stereocenters. The Morgan fingerprint density at radius 1 is 1.20 bits per heavy atom. The smallest absolute Gasteiger partial charge is 0.268 e. The summed E-state index contributed by atoms with van der Waals surface area (Å²) in [5, 5.41) is 0. The van der Waals surface area contributed by atoms with Gasteiger partial charge in [-0.1, -0.05) is 6.92 Å². The van der Waals surface area contributed by atoms with Gasteiger partial charge in [0.05, 0.1) is 11.3 Å². The number of halogens is 2. The highest BCUT2D eigenvalue weighted by Crippen LogP contribution is 2.38. The molecule has 3 heterocycles. The number of hydrogen-bond acceptors (Lipinski definition) is 7. The van der Waals surface area contributed by atoms with Gasteiger partial charge in [0.1, 0.15) is 28.2 Å². The molecule has 0 aliphatic carbocycles. The first-order valence-corrected chi connectivity index (χ1v) is 12.4. The number of sulfonamides is 1. The number of anilines is 2. The van der Waals surface area contributed by atoms with Gasteiger partial charge in [-0.15, -0.1) is 0 Å². The van der Waals surface area contributed by atoms with Crippen LogP contribution in [0.3, 0.4) is 0 Å². The monoisotopic (exact) mass is 501 g/mol. The highest BCUT2D eigenvalue weighted by atomic mass is 32.2. The minimum absolute atomic E-state index is 0.00974. The third kappa shape index (κ3) is 4.81. The molecular formula is C24H25F2N5O3S. The summed E-state index contributed by atoms with van der Waals surface area (Å²) in [6.45, 7) is 6.58. The molecule has 35 heavy (non-hydrogen) atoms. The molecule has 1 fully saturated rings. The average molecular weight is 502 g/mol. The quantitative estimate of drug-likeness (QED) is 0.547. The molecule has 0 saturated carbocycles. The zero-order valence-electron chi connectivity index (χ0n) is 19.4. The van der Waals surface area contributed by atoms with E-state index in [0.29, 0.717) is 6.54 Å². The fraction of sp³-hybridized carbons (Fsp3) is 0.292. The fourth-order valence-electron chi connectivity index (χ4n) is 4.50. The molecule has 184 valence electrons. The summed E-state index contributed by atoms with van der Waals surface area (Å²) in [7, 11) is -4.33. The summed E-state index contributed by atoms with van der Waals surface area (Å²) in [4.78, 5) is 23.1. The van der Waals surface area contributed by atoms with E-state index in [0.717, 1.165) is 18.6 Å². The second-order valence-electron chi connectivity index (χ2n) is 9.25. The number of nitrogens with zero attached hydrogens (tertiary/aromatic N) is 3. The molecule has 1 aliphatic rings. The van der Waals surface area contributed by atoms with Gasteiger partial charge in [-0.3, -0.25) is 4.79 Å². The molecule has 0 spiro atoms. The number of nitrogens with one attached hydrogen (secondary N) is 1. The molecule has 0 unspecified atom stereocenters. The van der Waals surface area contributed by atoms with E-state index in [1.807, 2.05) is 23.5 Å². The van der Waals surface area contributed by atoms with E-state index in [1.54, 1.807) is 0 Å². The average Bonchev–Trinajstić information content (AvgIpc) is 3.05. The fourth-order valence-corrected chi connectivity index (χ4v) is 5.55. The van der Waals surface area contributed by atoms with Crippen molar-refractivity contribution in [1.82, 2.24) is 14.7 Å². The number of nitrogen functional groups attached to an aromatic ring is 1. The zero-order chi connectivity index (χ0) is 25.5. The van der Waals surface area contributed by atoms with Gasteiger partial charge in [0, 0.05) is 29.9 Å². The highest BCUT2D eigenvalue weighted by Gasteiger charge is 2.39. The summed E-state index contributed by atoms with van der Waals surface area (Å²) in [6, 6.07) is 8.55. The third-order valence-corrected chi connectivity index (χ3v) is 7.35. The minimum Gasteiger partial charge on any atom is -0.383 e. The van der Waals surface area contributed by atoms with Crippen LogP contribution in [0.25, 0.3) is 11.3 Å². The van der Waals surface area contributed by atoms with Crippen LogP contribution in [0, 0.1) is 17.6 Å². The summed E-state index contributed by atoms with van der Waals surface area (Å²) >= 11 is 0. The van der Waals surface area contributed by atoms with Gasteiger partial charge < -0.3 is 10.6 Å². The summed E-state index contributed by atoms with van der Waals surface area (Å²) in [5.41, 5.74) is 5.51. The first-order valence-electron chi connectivity index (χ1n) is 10.9. The van der Waals surface area contributed by atoms with Crippen molar-refractivity contribution in [2.75, 3.05) is 17.2 Å². The maximum Gasteiger partial charge on any atom is 0.268 e. The molecule has 1 aromatic carbocycles. The molecular weight excluding hydrogens is 476 g/mol. The van der Waals surface area contributed by atoms with Gasteiger partial charge in [-0.2, -0.15) is 0 Å². The predicted octanol–water partition coefficient (Wildman–Crippen LogP) is 3.75. The third-order valence-electron chi connectivity index (χ3n) is 5.97. The number of carbonyl (C=O) groups excluding carboxylic acids is 1. The van der Waals surface area contributed by atoms with Crippen LogP contribution in [0.15, 0.2) is 53.6 Å². The lowest BCUT2D eigenvalue weighted by Crippen LogP contribution is -2.41. The van der Waals surface area contributed by atoms with Crippen LogP contribution >= 0.6 is 0 Å². The van der Waals surface area contributed by atoms with E-state index in [9.17, 15) is 22.0 Å². The molecule has 0 radical (unpaired) electrons. The Hall–Kier alpha value is -3.60. The summed E-state index contributed by atoms with van der Waals surface area (Å²) in [6.07, 6.45) is 2.14. The number of hydrogen-bond donors (Lipinski definition) is 2. The van der Waals surface area contributed by atoms with E-state index in [4.69, 9.17) is 5.73 Å². The number of benzene rings is 1. The van der Waals surface area contributed by atoms with Crippen LogP contribution in [0.4, 0.5) is 20.4 Å². The SMILES string of the molecule is C[C@@H]1CN(c2nc(-c3ccc(F)cc3F)ccc2C(=O)NS(=O)(=O)c2cccnc2N)C(C)(C)C1. The van der Waals surface area contributed by atoms with Crippen LogP contribution in [-0.4, -0.2) is 36.4 Å². The number of rotatable bonds is 5. The lowest BCUT2D eigenvalue weighted by Gasteiger charge is -2.34. The van der Waals surface area contributed by atoms with Crippen LogP contribution in [0.1, 0.15) is 37.6 Å². The molecule has 8 nitrogen and oxygen atoms in total. The van der Waals surface area contributed by atoms with Gasteiger partial charge >= 0.3 is 0 Å².